The Bertz CT molecular complexity index is 597. The third-order valence-electron chi connectivity index (χ3n) is 2.77. The third-order valence-corrected chi connectivity index (χ3v) is 5.46. The first-order valence-electron chi connectivity index (χ1n) is 6.62. The molecule has 0 aromatic carbocycles. The molecule has 2 aromatic rings. The van der Waals surface area contributed by atoms with E-state index in [0.29, 0.717) is 19.4 Å². The fourth-order valence-electron chi connectivity index (χ4n) is 1.79. The second kappa shape index (κ2) is 7.91. The van der Waals surface area contributed by atoms with E-state index in [9.17, 15) is 4.79 Å². The van der Waals surface area contributed by atoms with Crippen molar-refractivity contribution in [3.63, 3.8) is 0 Å². The lowest BCUT2D eigenvalue weighted by Crippen LogP contribution is -2.15. The van der Waals surface area contributed by atoms with Crippen molar-refractivity contribution in [1.29, 1.82) is 0 Å². The van der Waals surface area contributed by atoms with Crippen LogP contribution in [0.25, 0.3) is 0 Å². The Morgan fingerprint density at radius 1 is 1.43 bits per heavy atom. The molecule has 2 heterocycles. The Kier molecular flexibility index (Phi) is 6.20. The van der Waals surface area contributed by atoms with Crippen LogP contribution in [0.3, 0.4) is 0 Å². The zero-order valence-corrected chi connectivity index (χ0v) is 15.2. The van der Waals surface area contributed by atoms with Gasteiger partial charge in [0.15, 0.2) is 5.13 Å². The number of esters is 1. The fourth-order valence-corrected chi connectivity index (χ4v) is 4.12. The topological polar surface area (TPSA) is 42.4 Å². The van der Waals surface area contributed by atoms with Crippen molar-refractivity contribution >= 4 is 49.7 Å². The van der Waals surface area contributed by atoms with Crippen LogP contribution in [0.1, 0.15) is 23.9 Å². The summed E-state index contributed by atoms with van der Waals surface area (Å²) in [6.45, 7) is 3.08. The van der Waals surface area contributed by atoms with E-state index in [1.807, 2.05) is 19.4 Å². The van der Waals surface area contributed by atoms with E-state index in [4.69, 9.17) is 4.74 Å². The standard InChI is InChI=1S/C14H17BrN2O2S2/c1-3-19-13(18)5-4-11-9-21-14(16-11)17(2)7-12-6-10(15)8-20-12/h6,8-9H,3-5,7H2,1-2H3. The normalized spacial score (nSPS) is 10.6. The summed E-state index contributed by atoms with van der Waals surface area (Å²) in [7, 11) is 2.03. The molecule has 0 fully saturated rings. The zero-order valence-electron chi connectivity index (χ0n) is 12.0. The van der Waals surface area contributed by atoms with Crippen LogP contribution < -0.4 is 4.90 Å². The number of thiophene rings is 1. The molecule has 0 unspecified atom stereocenters. The number of halogens is 1. The summed E-state index contributed by atoms with van der Waals surface area (Å²) in [5.41, 5.74) is 0.947. The molecule has 0 N–H and O–H groups in total. The van der Waals surface area contributed by atoms with Crippen molar-refractivity contribution < 1.29 is 9.53 Å². The number of hydrogen-bond acceptors (Lipinski definition) is 6. The minimum atomic E-state index is -0.163. The van der Waals surface area contributed by atoms with E-state index >= 15 is 0 Å². The average molecular weight is 389 g/mol. The van der Waals surface area contributed by atoms with Gasteiger partial charge in [-0.25, -0.2) is 4.98 Å². The van der Waals surface area contributed by atoms with Gasteiger partial charge >= 0.3 is 5.97 Å². The van der Waals surface area contributed by atoms with Crippen molar-refractivity contribution in [2.75, 3.05) is 18.6 Å². The van der Waals surface area contributed by atoms with E-state index < -0.39 is 0 Å². The highest BCUT2D eigenvalue weighted by Crippen LogP contribution is 2.25. The van der Waals surface area contributed by atoms with Crippen LogP contribution >= 0.6 is 38.6 Å². The van der Waals surface area contributed by atoms with Crippen LogP contribution in [0, 0.1) is 0 Å². The molecule has 2 rings (SSSR count). The molecule has 21 heavy (non-hydrogen) atoms. The highest BCUT2D eigenvalue weighted by atomic mass is 79.9. The number of carbonyl (C=O) groups is 1. The minimum Gasteiger partial charge on any atom is -0.466 e. The Morgan fingerprint density at radius 3 is 2.90 bits per heavy atom. The molecule has 0 aliphatic heterocycles. The maximum atomic E-state index is 11.3. The minimum absolute atomic E-state index is 0.163. The van der Waals surface area contributed by atoms with Gasteiger partial charge in [0.05, 0.1) is 25.3 Å². The van der Waals surface area contributed by atoms with Crippen LogP contribution in [-0.4, -0.2) is 24.6 Å². The summed E-state index contributed by atoms with van der Waals surface area (Å²) in [6.07, 6.45) is 1.02. The largest absolute Gasteiger partial charge is 0.466 e. The number of hydrogen-bond donors (Lipinski definition) is 0. The third kappa shape index (κ3) is 5.09. The Labute approximate surface area is 140 Å². The lowest BCUT2D eigenvalue weighted by Gasteiger charge is -2.14. The molecule has 7 heteroatoms. The smallest absolute Gasteiger partial charge is 0.306 e. The van der Waals surface area contributed by atoms with Gasteiger partial charge in [0.2, 0.25) is 0 Å². The summed E-state index contributed by atoms with van der Waals surface area (Å²) < 4.78 is 6.04. The molecule has 0 atom stereocenters. The molecule has 0 radical (unpaired) electrons. The lowest BCUT2D eigenvalue weighted by atomic mass is 10.2. The van der Waals surface area contributed by atoms with E-state index in [0.717, 1.165) is 21.8 Å². The number of thiazole rings is 1. The van der Waals surface area contributed by atoms with Gasteiger partial charge in [-0.15, -0.1) is 22.7 Å². The van der Waals surface area contributed by atoms with Crippen LogP contribution in [-0.2, 0) is 22.5 Å². The number of aryl methyl sites for hydroxylation is 1. The summed E-state index contributed by atoms with van der Waals surface area (Å²) >= 11 is 6.79. The molecule has 0 spiro atoms. The van der Waals surface area contributed by atoms with E-state index in [2.05, 4.69) is 37.3 Å². The molecule has 0 saturated carbocycles. The van der Waals surface area contributed by atoms with Gasteiger partial charge in [0.1, 0.15) is 0 Å². The van der Waals surface area contributed by atoms with E-state index in [1.165, 1.54) is 4.88 Å². The quantitative estimate of drug-likeness (QED) is 0.669. The van der Waals surface area contributed by atoms with Crippen molar-refractivity contribution in [2.45, 2.75) is 26.3 Å². The summed E-state index contributed by atoms with van der Waals surface area (Å²) in [4.78, 5) is 19.3. The van der Waals surface area contributed by atoms with Gasteiger partial charge < -0.3 is 9.64 Å². The van der Waals surface area contributed by atoms with Crippen molar-refractivity contribution in [1.82, 2.24) is 4.98 Å². The van der Waals surface area contributed by atoms with Crippen LogP contribution in [0.2, 0.25) is 0 Å². The van der Waals surface area contributed by atoms with Crippen LogP contribution in [0.5, 0.6) is 0 Å². The van der Waals surface area contributed by atoms with Gasteiger partial charge in [-0.3, -0.25) is 4.79 Å². The van der Waals surface area contributed by atoms with Crippen molar-refractivity contribution in [3.05, 3.63) is 31.9 Å². The van der Waals surface area contributed by atoms with E-state index in [-0.39, 0.29) is 5.97 Å². The second-order valence-electron chi connectivity index (χ2n) is 4.51. The number of nitrogens with zero attached hydrogens (tertiary/aromatic N) is 2. The van der Waals surface area contributed by atoms with Crippen LogP contribution in [0.15, 0.2) is 21.3 Å². The SMILES string of the molecule is CCOC(=O)CCc1csc(N(C)Cc2cc(Br)cs2)n1. The molecular weight excluding hydrogens is 372 g/mol. The highest BCUT2D eigenvalue weighted by molar-refractivity contribution is 9.10. The molecule has 4 nitrogen and oxygen atoms in total. The molecule has 0 aliphatic rings. The Morgan fingerprint density at radius 2 is 2.24 bits per heavy atom. The van der Waals surface area contributed by atoms with Gasteiger partial charge in [0, 0.05) is 33.6 Å². The molecule has 0 aliphatic carbocycles. The number of carbonyl (C=O) groups excluding carboxylic acids is 1. The molecule has 2 aromatic heterocycles. The molecule has 0 bridgehead atoms. The number of rotatable bonds is 7. The predicted octanol–water partition coefficient (Wildman–Crippen LogP) is 4.10. The number of aromatic nitrogens is 1. The maximum absolute atomic E-state index is 11.3. The summed E-state index contributed by atoms with van der Waals surface area (Å²) in [5.74, 6) is -0.163. The lowest BCUT2D eigenvalue weighted by molar-refractivity contribution is -0.143. The first-order chi connectivity index (χ1) is 10.1. The Hall–Kier alpha value is -0.920. The van der Waals surface area contributed by atoms with Crippen molar-refractivity contribution in [3.8, 4) is 0 Å². The zero-order chi connectivity index (χ0) is 15.2. The Balaban J connectivity index is 1.88. The van der Waals surface area contributed by atoms with Gasteiger partial charge in [-0.2, -0.15) is 0 Å². The number of anilines is 1. The number of ether oxygens (including phenoxy) is 1. The fraction of sp³-hybridized carbons (Fsp3) is 0.429. The molecular formula is C14H17BrN2O2S2. The summed E-state index contributed by atoms with van der Waals surface area (Å²) in [5, 5.41) is 5.06. The van der Waals surface area contributed by atoms with Gasteiger partial charge in [-0.05, 0) is 28.9 Å². The molecule has 0 amide bonds. The predicted molar refractivity (Wildman–Crippen MR) is 91.2 cm³/mol. The van der Waals surface area contributed by atoms with E-state index in [1.54, 1.807) is 22.7 Å². The van der Waals surface area contributed by atoms with Crippen molar-refractivity contribution in [2.24, 2.45) is 0 Å². The van der Waals surface area contributed by atoms with Gasteiger partial charge in [-0.1, -0.05) is 0 Å². The maximum Gasteiger partial charge on any atom is 0.306 e. The monoisotopic (exact) mass is 388 g/mol. The first kappa shape index (κ1) is 16.5. The average Bonchev–Trinajstić information content (AvgIpc) is 3.06. The second-order valence-corrected chi connectivity index (χ2v) is 7.26. The first-order valence-corrected chi connectivity index (χ1v) is 9.17. The molecule has 114 valence electrons. The van der Waals surface area contributed by atoms with Crippen LogP contribution in [0.4, 0.5) is 5.13 Å². The molecule has 0 saturated heterocycles. The summed E-state index contributed by atoms with van der Waals surface area (Å²) in [6, 6.07) is 2.12. The highest BCUT2D eigenvalue weighted by Gasteiger charge is 2.10. The van der Waals surface area contributed by atoms with Gasteiger partial charge in [0.25, 0.3) is 0 Å².